The van der Waals surface area contributed by atoms with Crippen LogP contribution >= 0.6 is 22.9 Å². The molecule has 0 N–H and O–H groups in total. The first-order valence-corrected chi connectivity index (χ1v) is 13.1. The lowest BCUT2D eigenvalue weighted by atomic mass is 10.1. The van der Waals surface area contributed by atoms with Crippen LogP contribution in [0.1, 0.15) is 31.1 Å². The van der Waals surface area contributed by atoms with Crippen molar-refractivity contribution in [2.24, 2.45) is 0 Å². The highest BCUT2D eigenvalue weighted by molar-refractivity contribution is 7.22. The molecule has 0 radical (unpaired) electrons. The van der Waals surface area contributed by atoms with Gasteiger partial charge < -0.3 is 9.30 Å². The number of aryl methyl sites for hydroxylation is 2. The zero-order valence-corrected chi connectivity index (χ0v) is 21.9. The van der Waals surface area contributed by atoms with Crippen LogP contribution in [-0.4, -0.2) is 30.8 Å². The number of nitrogens with zero attached hydrogens (tertiary/aromatic N) is 6. The van der Waals surface area contributed by atoms with Gasteiger partial charge in [-0.1, -0.05) is 11.6 Å². The quantitative estimate of drug-likeness (QED) is 0.295. The van der Waals surface area contributed by atoms with Crippen LogP contribution < -0.4 is 16.0 Å². The van der Waals surface area contributed by atoms with E-state index in [9.17, 15) is 19.2 Å². The SMILES string of the molecule is COc1cc(-c2cc3c(s2)c(=O)n(-c2cncc4nc(C)n(C5CC5)c24)c(=O)n3CCC#N)c(Cl)cc1F. The zero-order valence-electron chi connectivity index (χ0n) is 20.4. The van der Waals surface area contributed by atoms with Crippen LogP contribution in [0.25, 0.3) is 37.4 Å². The summed E-state index contributed by atoms with van der Waals surface area (Å²) >= 11 is 7.49. The third-order valence-corrected chi connectivity index (χ3v) is 8.14. The van der Waals surface area contributed by atoms with Gasteiger partial charge in [0.25, 0.3) is 5.56 Å². The number of thiophene rings is 1. The molecule has 1 aromatic carbocycles. The molecule has 0 unspecified atom stereocenters. The Balaban J connectivity index is 1.67. The Bertz CT molecular complexity index is 1930. The average molecular weight is 551 g/mol. The molecular weight excluding hydrogens is 531 g/mol. The standard InChI is InChI=1S/C26H20ClFN6O3S/c1-13-31-18-11-30-12-20(23(18)33(13)14-4-5-14)34-25(35)24-19(32(26(34)36)7-3-6-29)10-22(38-24)15-8-21(37-2)17(28)9-16(15)27/h8-12,14H,3-5,7H2,1-2H3. The Morgan fingerprint density at radius 2 is 2.05 bits per heavy atom. The van der Waals surface area contributed by atoms with Crippen LogP contribution in [-0.2, 0) is 6.54 Å². The minimum atomic E-state index is -0.612. The lowest BCUT2D eigenvalue weighted by molar-refractivity contribution is 0.387. The van der Waals surface area contributed by atoms with E-state index in [1.54, 1.807) is 12.3 Å². The number of aromatic nitrogens is 5. The summed E-state index contributed by atoms with van der Waals surface area (Å²) in [5.74, 6) is 0.176. The molecule has 0 aliphatic heterocycles. The molecule has 5 aromatic rings. The van der Waals surface area contributed by atoms with Gasteiger partial charge in [0.1, 0.15) is 16.0 Å². The van der Waals surface area contributed by atoms with Gasteiger partial charge in [0, 0.05) is 23.0 Å². The van der Waals surface area contributed by atoms with Crippen molar-refractivity contribution in [3.63, 3.8) is 0 Å². The van der Waals surface area contributed by atoms with E-state index in [1.165, 1.54) is 23.9 Å². The fraction of sp³-hybridized carbons (Fsp3) is 0.269. The second-order valence-corrected chi connectivity index (χ2v) is 10.5. The van der Waals surface area contributed by atoms with Crippen LogP contribution in [0.3, 0.4) is 0 Å². The summed E-state index contributed by atoms with van der Waals surface area (Å²) in [6, 6.07) is 6.60. The Hall–Kier alpha value is -4.01. The summed E-state index contributed by atoms with van der Waals surface area (Å²) in [6.45, 7) is 1.97. The third-order valence-electron chi connectivity index (χ3n) is 6.68. The lowest BCUT2D eigenvalue weighted by Gasteiger charge is -2.13. The van der Waals surface area contributed by atoms with E-state index >= 15 is 0 Å². The van der Waals surface area contributed by atoms with Crippen molar-refractivity contribution in [1.82, 2.24) is 23.7 Å². The lowest BCUT2D eigenvalue weighted by Crippen LogP contribution is -2.38. The fourth-order valence-corrected chi connectivity index (χ4v) is 6.27. The summed E-state index contributed by atoms with van der Waals surface area (Å²) in [5.41, 5.74) is 1.34. The highest BCUT2D eigenvalue weighted by atomic mass is 35.5. The molecule has 4 heterocycles. The number of ether oxygens (including phenoxy) is 1. The van der Waals surface area contributed by atoms with Gasteiger partial charge in [-0.3, -0.25) is 14.3 Å². The first-order valence-electron chi connectivity index (χ1n) is 11.9. The number of halogens is 2. The summed E-state index contributed by atoms with van der Waals surface area (Å²) in [6.07, 6.45) is 5.16. The predicted octanol–water partition coefficient (Wildman–Crippen LogP) is 4.98. The molecule has 38 heavy (non-hydrogen) atoms. The Morgan fingerprint density at radius 1 is 1.26 bits per heavy atom. The molecule has 0 atom stereocenters. The number of hydrogen-bond donors (Lipinski definition) is 0. The molecule has 0 amide bonds. The van der Waals surface area contributed by atoms with E-state index in [1.807, 2.05) is 6.92 Å². The van der Waals surface area contributed by atoms with Gasteiger partial charge >= 0.3 is 5.69 Å². The molecule has 1 aliphatic carbocycles. The van der Waals surface area contributed by atoms with Crippen molar-refractivity contribution in [3.05, 3.63) is 68.1 Å². The molecule has 1 saturated carbocycles. The van der Waals surface area contributed by atoms with Crippen LogP contribution in [0.4, 0.5) is 4.39 Å². The molecule has 4 aromatic heterocycles. The van der Waals surface area contributed by atoms with E-state index in [2.05, 4.69) is 20.6 Å². The van der Waals surface area contributed by atoms with Gasteiger partial charge in [-0.15, -0.1) is 11.3 Å². The van der Waals surface area contributed by atoms with Gasteiger partial charge in [-0.25, -0.2) is 18.7 Å². The van der Waals surface area contributed by atoms with Gasteiger partial charge in [0.05, 0.1) is 53.7 Å². The van der Waals surface area contributed by atoms with Gasteiger partial charge in [-0.2, -0.15) is 5.26 Å². The zero-order chi connectivity index (χ0) is 26.7. The molecule has 1 fully saturated rings. The second kappa shape index (κ2) is 9.08. The average Bonchev–Trinajstić information content (AvgIpc) is 3.52. The number of rotatable bonds is 6. The van der Waals surface area contributed by atoms with Crippen molar-refractivity contribution in [1.29, 1.82) is 5.26 Å². The van der Waals surface area contributed by atoms with Gasteiger partial charge in [0.2, 0.25) is 0 Å². The summed E-state index contributed by atoms with van der Waals surface area (Å²) < 4.78 is 24.2. The largest absolute Gasteiger partial charge is 0.494 e. The van der Waals surface area contributed by atoms with E-state index in [0.717, 1.165) is 40.6 Å². The number of hydrogen-bond acceptors (Lipinski definition) is 7. The summed E-state index contributed by atoms with van der Waals surface area (Å²) in [7, 11) is 1.35. The summed E-state index contributed by atoms with van der Waals surface area (Å²) in [4.78, 5) is 37.3. The molecule has 6 rings (SSSR count). The Morgan fingerprint density at radius 3 is 2.76 bits per heavy atom. The van der Waals surface area contributed by atoms with Crippen molar-refractivity contribution in [2.75, 3.05) is 7.11 Å². The van der Waals surface area contributed by atoms with Crippen LogP contribution in [0.2, 0.25) is 5.02 Å². The van der Waals surface area contributed by atoms with Gasteiger partial charge in [-0.05, 0) is 38.0 Å². The highest BCUT2D eigenvalue weighted by Gasteiger charge is 2.30. The molecule has 0 spiro atoms. The van der Waals surface area contributed by atoms with E-state index < -0.39 is 17.1 Å². The molecular formula is C26H20ClFN6O3S. The number of fused-ring (bicyclic) bond motifs is 2. The molecule has 0 saturated heterocycles. The normalized spacial score (nSPS) is 13.3. The van der Waals surface area contributed by atoms with Crippen LogP contribution in [0.5, 0.6) is 5.75 Å². The fourth-order valence-electron chi connectivity index (χ4n) is 4.84. The smallest absolute Gasteiger partial charge is 0.336 e. The maximum absolute atomic E-state index is 14.2. The van der Waals surface area contributed by atoms with E-state index in [-0.39, 0.29) is 29.8 Å². The maximum Gasteiger partial charge on any atom is 0.336 e. The minimum Gasteiger partial charge on any atom is -0.494 e. The predicted molar refractivity (Wildman–Crippen MR) is 143 cm³/mol. The Kier molecular flexibility index (Phi) is 5.81. The number of imidazole rings is 1. The molecule has 12 heteroatoms. The monoisotopic (exact) mass is 550 g/mol. The number of methoxy groups -OCH3 is 1. The molecule has 9 nitrogen and oxygen atoms in total. The van der Waals surface area contributed by atoms with Crippen molar-refractivity contribution >= 4 is 44.2 Å². The Labute approximate surface area is 223 Å². The molecule has 1 aliphatic rings. The van der Waals surface area contributed by atoms with Crippen LogP contribution in [0, 0.1) is 24.1 Å². The summed E-state index contributed by atoms with van der Waals surface area (Å²) in [5, 5.41) is 9.40. The highest BCUT2D eigenvalue weighted by Crippen LogP contribution is 2.41. The van der Waals surface area contributed by atoms with Crippen molar-refractivity contribution < 1.29 is 9.13 Å². The van der Waals surface area contributed by atoms with Crippen molar-refractivity contribution in [3.8, 4) is 27.9 Å². The van der Waals surface area contributed by atoms with Crippen molar-refractivity contribution in [2.45, 2.75) is 38.8 Å². The minimum absolute atomic E-state index is 0.00241. The molecule has 192 valence electrons. The van der Waals surface area contributed by atoms with Gasteiger partial charge in [0.15, 0.2) is 11.6 Å². The van der Waals surface area contributed by atoms with E-state index in [0.29, 0.717) is 37.4 Å². The third kappa shape index (κ3) is 3.71. The maximum atomic E-state index is 14.2. The van der Waals surface area contributed by atoms with Crippen LogP contribution in [0.15, 0.2) is 40.2 Å². The first kappa shape index (κ1) is 24.3. The molecule has 0 bridgehead atoms. The topological polar surface area (TPSA) is 108 Å². The first-order chi connectivity index (χ1) is 18.3. The second-order valence-electron chi connectivity index (χ2n) is 9.06. The number of benzene rings is 1. The number of pyridine rings is 1. The number of nitriles is 1. The van der Waals surface area contributed by atoms with E-state index in [4.69, 9.17) is 16.3 Å².